The number of hydrogen-bond donors (Lipinski definition) is 1. The van der Waals surface area contributed by atoms with Crippen molar-refractivity contribution in [3.63, 3.8) is 0 Å². The second-order valence-corrected chi connectivity index (χ2v) is 7.47. The SMILES string of the molecule is COc1cc2c3c(c1)-c1c(O)cccc1CC3N(CC1CC1)CC2. The van der Waals surface area contributed by atoms with Gasteiger partial charge in [0.05, 0.1) is 7.11 Å². The van der Waals surface area contributed by atoms with Crippen molar-refractivity contribution in [2.75, 3.05) is 20.2 Å². The van der Waals surface area contributed by atoms with E-state index in [0.717, 1.165) is 36.6 Å². The molecule has 1 heterocycles. The fourth-order valence-corrected chi connectivity index (χ4v) is 4.57. The third-order valence-corrected chi connectivity index (χ3v) is 5.92. The fraction of sp³-hybridized carbons (Fsp3) is 0.429. The van der Waals surface area contributed by atoms with Gasteiger partial charge in [0.1, 0.15) is 11.5 Å². The van der Waals surface area contributed by atoms with Gasteiger partial charge in [-0.3, -0.25) is 4.90 Å². The van der Waals surface area contributed by atoms with Crippen LogP contribution in [0.15, 0.2) is 30.3 Å². The van der Waals surface area contributed by atoms with E-state index in [1.165, 1.54) is 41.6 Å². The van der Waals surface area contributed by atoms with Gasteiger partial charge in [-0.05, 0) is 72.1 Å². The number of phenols is 1. The molecule has 3 nitrogen and oxygen atoms in total. The Morgan fingerprint density at radius 3 is 2.88 bits per heavy atom. The Morgan fingerprint density at radius 2 is 2.08 bits per heavy atom. The summed E-state index contributed by atoms with van der Waals surface area (Å²) < 4.78 is 5.54. The van der Waals surface area contributed by atoms with E-state index in [4.69, 9.17) is 4.74 Å². The Kier molecular flexibility index (Phi) is 3.14. The molecule has 1 aliphatic heterocycles. The van der Waals surface area contributed by atoms with Crippen LogP contribution in [0.25, 0.3) is 11.1 Å². The summed E-state index contributed by atoms with van der Waals surface area (Å²) in [5, 5.41) is 10.5. The van der Waals surface area contributed by atoms with Crippen molar-refractivity contribution in [2.24, 2.45) is 5.92 Å². The zero-order chi connectivity index (χ0) is 16.3. The summed E-state index contributed by atoms with van der Waals surface area (Å²) in [5.74, 6) is 2.19. The first-order valence-electron chi connectivity index (χ1n) is 9.00. The molecule has 124 valence electrons. The van der Waals surface area contributed by atoms with Crippen LogP contribution in [0.4, 0.5) is 0 Å². The number of benzene rings is 2. The second-order valence-electron chi connectivity index (χ2n) is 7.47. The average Bonchev–Trinajstić information content (AvgIpc) is 3.41. The summed E-state index contributed by atoms with van der Waals surface area (Å²) in [6.07, 6.45) is 4.86. The van der Waals surface area contributed by atoms with Crippen LogP contribution in [-0.4, -0.2) is 30.2 Å². The summed E-state index contributed by atoms with van der Waals surface area (Å²) in [7, 11) is 1.72. The lowest BCUT2D eigenvalue weighted by Crippen LogP contribution is -2.39. The molecule has 5 rings (SSSR count). The van der Waals surface area contributed by atoms with E-state index < -0.39 is 0 Å². The van der Waals surface area contributed by atoms with Crippen LogP contribution in [0, 0.1) is 5.92 Å². The summed E-state index contributed by atoms with van der Waals surface area (Å²) in [4.78, 5) is 2.68. The smallest absolute Gasteiger partial charge is 0.123 e. The molecule has 1 fully saturated rings. The minimum atomic E-state index is 0.390. The zero-order valence-corrected chi connectivity index (χ0v) is 14.1. The average molecular weight is 321 g/mol. The molecule has 0 amide bonds. The normalized spacial score (nSPS) is 22.0. The van der Waals surface area contributed by atoms with E-state index in [9.17, 15) is 5.11 Å². The van der Waals surface area contributed by atoms with Crippen molar-refractivity contribution in [1.29, 1.82) is 0 Å². The third-order valence-electron chi connectivity index (χ3n) is 5.92. The predicted octanol–water partition coefficient (Wildman–Crippen LogP) is 3.93. The number of rotatable bonds is 3. The van der Waals surface area contributed by atoms with Crippen LogP contribution in [0.3, 0.4) is 0 Å². The molecule has 1 atom stereocenters. The molecule has 3 heteroatoms. The molecular weight excluding hydrogens is 298 g/mol. The largest absolute Gasteiger partial charge is 0.507 e. The van der Waals surface area contributed by atoms with Crippen LogP contribution >= 0.6 is 0 Å². The molecule has 2 aromatic rings. The molecular formula is C21H23NO2. The Bertz CT molecular complexity index is 810. The highest BCUT2D eigenvalue weighted by atomic mass is 16.5. The van der Waals surface area contributed by atoms with Gasteiger partial charge >= 0.3 is 0 Å². The van der Waals surface area contributed by atoms with Gasteiger partial charge in [-0.1, -0.05) is 12.1 Å². The van der Waals surface area contributed by atoms with Gasteiger partial charge in [0.15, 0.2) is 0 Å². The van der Waals surface area contributed by atoms with E-state index in [1.807, 2.05) is 6.07 Å². The van der Waals surface area contributed by atoms with Crippen LogP contribution in [0.2, 0.25) is 0 Å². The first-order valence-corrected chi connectivity index (χ1v) is 9.00. The maximum absolute atomic E-state index is 10.5. The third kappa shape index (κ3) is 2.15. The zero-order valence-electron chi connectivity index (χ0n) is 14.1. The van der Waals surface area contributed by atoms with E-state index in [2.05, 4.69) is 23.1 Å². The molecule has 0 saturated heterocycles. The van der Waals surface area contributed by atoms with Gasteiger partial charge in [-0.15, -0.1) is 0 Å². The van der Waals surface area contributed by atoms with Crippen LogP contribution in [0.1, 0.15) is 35.6 Å². The molecule has 0 radical (unpaired) electrons. The minimum absolute atomic E-state index is 0.390. The number of aromatic hydroxyl groups is 1. The Balaban J connectivity index is 1.70. The summed E-state index contributed by atoms with van der Waals surface area (Å²) in [5.41, 5.74) is 6.27. The van der Waals surface area contributed by atoms with Crippen molar-refractivity contribution in [1.82, 2.24) is 4.90 Å². The lowest BCUT2D eigenvalue weighted by molar-refractivity contribution is 0.174. The van der Waals surface area contributed by atoms with Gasteiger partial charge in [0.25, 0.3) is 0 Å². The first-order chi connectivity index (χ1) is 11.7. The van der Waals surface area contributed by atoms with Crippen LogP contribution < -0.4 is 4.74 Å². The highest BCUT2D eigenvalue weighted by Crippen LogP contribution is 2.50. The topological polar surface area (TPSA) is 32.7 Å². The van der Waals surface area contributed by atoms with E-state index in [-0.39, 0.29) is 0 Å². The molecule has 0 spiro atoms. The molecule has 1 N–H and O–H groups in total. The van der Waals surface area contributed by atoms with Crippen molar-refractivity contribution in [2.45, 2.75) is 31.7 Å². The highest BCUT2D eigenvalue weighted by molar-refractivity contribution is 5.81. The van der Waals surface area contributed by atoms with Crippen LogP contribution in [0.5, 0.6) is 11.5 Å². The molecule has 2 aromatic carbocycles. The van der Waals surface area contributed by atoms with E-state index >= 15 is 0 Å². The molecule has 0 aromatic heterocycles. The van der Waals surface area contributed by atoms with Gasteiger partial charge in [0.2, 0.25) is 0 Å². The molecule has 1 unspecified atom stereocenters. The Hall–Kier alpha value is -2.00. The maximum atomic E-state index is 10.5. The predicted molar refractivity (Wildman–Crippen MR) is 94.5 cm³/mol. The first kappa shape index (κ1) is 14.4. The summed E-state index contributed by atoms with van der Waals surface area (Å²) in [6.45, 7) is 2.36. The van der Waals surface area contributed by atoms with Gasteiger partial charge in [-0.2, -0.15) is 0 Å². The minimum Gasteiger partial charge on any atom is -0.507 e. The van der Waals surface area contributed by atoms with Crippen molar-refractivity contribution in [3.05, 3.63) is 47.0 Å². The molecule has 24 heavy (non-hydrogen) atoms. The number of ether oxygens (including phenoxy) is 1. The monoisotopic (exact) mass is 321 g/mol. The number of nitrogens with zero attached hydrogens (tertiary/aromatic N) is 1. The fourth-order valence-electron chi connectivity index (χ4n) is 4.57. The summed E-state index contributed by atoms with van der Waals surface area (Å²) in [6, 6.07) is 10.7. The quantitative estimate of drug-likeness (QED) is 0.929. The van der Waals surface area contributed by atoms with Crippen molar-refractivity contribution >= 4 is 0 Å². The van der Waals surface area contributed by atoms with Gasteiger partial charge in [-0.25, -0.2) is 0 Å². The number of methoxy groups -OCH3 is 1. The maximum Gasteiger partial charge on any atom is 0.123 e. The molecule has 2 aliphatic carbocycles. The Labute approximate surface area is 142 Å². The molecule has 3 aliphatic rings. The van der Waals surface area contributed by atoms with Crippen LogP contribution in [-0.2, 0) is 12.8 Å². The lowest BCUT2D eigenvalue weighted by Gasteiger charge is -2.42. The molecule has 1 saturated carbocycles. The van der Waals surface area contributed by atoms with Crippen molar-refractivity contribution in [3.8, 4) is 22.6 Å². The number of phenolic OH excluding ortho intramolecular Hbond substituents is 1. The highest BCUT2D eigenvalue weighted by Gasteiger charge is 2.37. The van der Waals surface area contributed by atoms with Gasteiger partial charge in [0, 0.05) is 24.7 Å². The number of fused-ring (bicyclic) bond motifs is 2. The van der Waals surface area contributed by atoms with Crippen molar-refractivity contribution < 1.29 is 9.84 Å². The van der Waals surface area contributed by atoms with Gasteiger partial charge < -0.3 is 9.84 Å². The van der Waals surface area contributed by atoms with E-state index in [0.29, 0.717) is 11.8 Å². The Morgan fingerprint density at radius 1 is 1.21 bits per heavy atom. The number of hydrogen-bond acceptors (Lipinski definition) is 3. The summed E-state index contributed by atoms with van der Waals surface area (Å²) >= 11 is 0. The standard InChI is InChI=1S/C21H23NO2/c1-24-16-9-15-7-8-22(12-13-5-6-13)18-10-14-3-2-4-19(23)21(14)17(11-16)20(15)18/h2-4,9,11,13,18,23H,5-8,10,12H2,1H3. The van der Waals surface area contributed by atoms with E-state index in [1.54, 1.807) is 13.2 Å². The second kappa shape index (κ2) is 5.25. The lowest BCUT2D eigenvalue weighted by atomic mass is 9.76. The molecule has 0 bridgehead atoms.